The highest BCUT2D eigenvalue weighted by molar-refractivity contribution is 9.10. The van der Waals surface area contributed by atoms with E-state index in [1.165, 1.54) is 4.90 Å². The first-order valence-corrected chi connectivity index (χ1v) is 11.8. The number of hydrogen-bond acceptors (Lipinski definition) is 5. The van der Waals surface area contributed by atoms with Crippen LogP contribution in [0.25, 0.3) is 11.0 Å². The molecule has 176 valence electrons. The number of halogens is 2. The lowest BCUT2D eigenvalue weighted by molar-refractivity contribution is -0.119. The van der Waals surface area contributed by atoms with Crippen LogP contribution in [0.15, 0.2) is 74.3 Å². The largest absolute Gasteiger partial charge is 0.484 e. The summed E-state index contributed by atoms with van der Waals surface area (Å²) in [6.07, 6.45) is 0. The first-order valence-electron chi connectivity index (χ1n) is 10.6. The highest BCUT2D eigenvalue weighted by Gasteiger charge is 2.43. The Balaban J connectivity index is 1.71. The van der Waals surface area contributed by atoms with Gasteiger partial charge in [-0.25, -0.2) is 0 Å². The number of primary amides is 1. The summed E-state index contributed by atoms with van der Waals surface area (Å²) in [5.41, 5.74) is 7.46. The van der Waals surface area contributed by atoms with Crippen molar-refractivity contribution in [1.29, 1.82) is 0 Å². The van der Waals surface area contributed by atoms with Gasteiger partial charge in [-0.1, -0.05) is 45.7 Å². The monoisotopic (exact) mass is 552 g/mol. The number of benzene rings is 3. The molecule has 1 aliphatic rings. The van der Waals surface area contributed by atoms with Crippen LogP contribution in [0.5, 0.6) is 5.75 Å². The Labute approximate surface area is 213 Å². The van der Waals surface area contributed by atoms with Crippen molar-refractivity contribution in [3.05, 3.63) is 103 Å². The van der Waals surface area contributed by atoms with Crippen LogP contribution in [0.4, 0.5) is 5.69 Å². The summed E-state index contributed by atoms with van der Waals surface area (Å²) in [4.78, 5) is 39.9. The van der Waals surface area contributed by atoms with Gasteiger partial charge in [0, 0.05) is 15.2 Å². The molecule has 2 N–H and O–H groups in total. The molecular formula is C26H18BrClN2O5. The normalized spacial score (nSPS) is 14.9. The number of aryl methyl sites for hydroxylation is 1. The Morgan fingerprint density at radius 3 is 2.54 bits per heavy atom. The molecule has 3 aromatic carbocycles. The predicted octanol–water partition coefficient (Wildman–Crippen LogP) is 5.13. The van der Waals surface area contributed by atoms with E-state index in [2.05, 4.69) is 15.9 Å². The molecule has 1 aromatic heterocycles. The summed E-state index contributed by atoms with van der Waals surface area (Å²) in [7, 11) is 0. The Morgan fingerprint density at radius 1 is 1.11 bits per heavy atom. The lowest BCUT2D eigenvalue weighted by atomic mass is 9.98. The van der Waals surface area contributed by atoms with Crippen LogP contribution in [0.3, 0.4) is 0 Å². The quantitative estimate of drug-likeness (QED) is 0.369. The summed E-state index contributed by atoms with van der Waals surface area (Å²) in [6, 6.07) is 16.4. The molecule has 1 aliphatic heterocycles. The fourth-order valence-electron chi connectivity index (χ4n) is 4.16. The Hall–Kier alpha value is -3.62. The number of hydrogen-bond donors (Lipinski definition) is 1. The first kappa shape index (κ1) is 23.1. The van der Waals surface area contributed by atoms with Crippen molar-refractivity contribution in [2.24, 2.45) is 5.73 Å². The highest BCUT2D eigenvalue weighted by atomic mass is 79.9. The molecule has 7 nitrogen and oxygen atoms in total. The number of ether oxygens (including phenoxy) is 1. The predicted molar refractivity (Wildman–Crippen MR) is 136 cm³/mol. The molecule has 2 amide bonds. The molecule has 1 unspecified atom stereocenters. The first-order chi connectivity index (χ1) is 16.7. The number of nitrogens with zero attached hydrogens (tertiary/aromatic N) is 1. The van der Waals surface area contributed by atoms with Gasteiger partial charge in [0.25, 0.3) is 11.8 Å². The minimum Gasteiger partial charge on any atom is -0.484 e. The summed E-state index contributed by atoms with van der Waals surface area (Å²) < 4.78 is 12.0. The number of fused-ring (bicyclic) bond motifs is 2. The second kappa shape index (κ2) is 8.87. The van der Waals surface area contributed by atoms with Crippen LogP contribution in [-0.2, 0) is 4.79 Å². The van der Waals surface area contributed by atoms with Gasteiger partial charge >= 0.3 is 0 Å². The van der Waals surface area contributed by atoms with E-state index in [1.807, 2.05) is 13.0 Å². The van der Waals surface area contributed by atoms with Gasteiger partial charge in [0.15, 0.2) is 12.0 Å². The van der Waals surface area contributed by atoms with Crippen molar-refractivity contribution >= 4 is 56.0 Å². The second-order valence-electron chi connectivity index (χ2n) is 8.15. The van der Waals surface area contributed by atoms with Gasteiger partial charge in [0.1, 0.15) is 11.3 Å². The summed E-state index contributed by atoms with van der Waals surface area (Å²) in [5.74, 6) is -0.625. The minimum atomic E-state index is -0.763. The third-order valence-corrected chi connectivity index (χ3v) is 6.74. The fourth-order valence-corrected chi connectivity index (χ4v) is 4.70. The number of anilines is 1. The molecule has 0 saturated heterocycles. The Morgan fingerprint density at radius 2 is 1.86 bits per heavy atom. The van der Waals surface area contributed by atoms with Crippen LogP contribution >= 0.6 is 27.5 Å². The average molecular weight is 554 g/mol. The zero-order chi connectivity index (χ0) is 24.9. The third-order valence-electron chi connectivity index (χ3n) is 5.84. The maximum absolute atomic E-state index is 13.7. The van der Waals surface area contributed by atoms with Crippen LogP contribution < -0.4 is 20.8 Å². The van der Waals surface area contributed by atoms with Crippen molar-refractivity contribution in [2.45, 2.75) is 13.0 Å². The molecule has 0 fully saturated rings. The number of carbonyl (C=O) groups excluding carboxylic acids is 2. The molecule has 0 bridgehead atoms. The number of amides is 2. The van der Waals surface area contributed by atoms with E-state index in [4.69, 9.17) is 26.5 Å². The summed E-state index contributed by atoms with van der Waals surface area (Å²) in [6.45, 7) is 1.60. The van der Waals surface area contributed by atoms with Gasteiger partial charge in [0.2, 0.25) is 5.76 Å². The molecule has 1 atom stereocenters. The molecule has 5 rings (SSSR count). The number of rotatable bonds is 5. The SMILES string of the molecule is Cc1ccc(N2C(=O)c3oc4ccc(Br)cc4c(=O)c3C2c2ccc(OCC(N)=O)cc2)cc1Cl. The van der Waals surface area contributed by atoms with Gasteiger partial charge in [-0.3, -0.25) is 19.3 Å². The van der Waals surface area contributed by atoms with Gasteiger partial charge in [-0.05, 0) is 60.5 Å². The summed E-state index contributed by atoms with van der Waals surface area (Å²) in [5, 5.41) is 0.856. The van der Waals surface area contributed by atoms with E-state index in [0.29, 0.717) is 33.0 Å². The average Bonchev–Trinajstić information content (AvgIpc) is 3.13. The zero-order valence-corrected chi connectivity index (χ0v) is 20.7. The van der Waals surface area contributed by atoms with E-state index in [-0.39, 0.29) is 23.4 Å². The maximum Gasteiger partial charge on any atom is 0.295 e. The third kappa shape index (κ3) is 4.09. The standard InChI is InChI=1S/C26H18BrClN2O5/c1-13-2-6-16(11-19(13)28)30-23(14-3-7-17(8-4-14)34-12-21(29)31)22-24(32)18-10-15(27)5-9-20(18)35-25(22)26(30)33/h2-11,23H,12H2,1H3,(H2,29,31). The van der Waals surface area contributed by atoms with Gasteiger partial charge < -0.3 is 14.9 Å². The van der Waals surface area contributed by atoms with Crippen molar-refractivity contribution < 1.29 is 18.7 Å². The highest BCUT2D eigenvalue weighted by Crippen LogP contribution is 2.42. The molecule has 0 aliphatic carbocycles. The molecule has 0 saturated carbocycles. The number of nitrogens with two attached hydrogens (primary N) is 1. The van der Waals surface area contributed by atoms with E-state index in [1.54, 1.807) is 54.6 Å². The van der Waals surface area contributed by atoms with Crippen LogP contribution in [-0.4, -0.2) is 18.4 Å². The molecule has 0 radical (unpaired) electrons. The molecule has 9 heteroatoms. The van der Waals surface area contributed by atoms with Crippen molar-refractivity contribution in [1.82, 2.24) is 0 Å². The zero-order valence-electron chi connectivity index (χ0n) is 18.4. The second-order valence-corrected chi connectivity index (χ2v) is 9.47. The minimum absolute atomic E-state index is 0.0134. The van der Waals surface area contributed by atoms with Crippen molar-refractivity contribution in [2.75, 3.05) is 11.5 Å². The maximum atomic E-state index is 13.7. The molecule has 2 heterocycles. The van der Waals surface area contributed by atoms with E-state index < -0.39 is 17.9 Å². The lowest BCUT2D eigenvalue weighted by Gasteiger charge is -2.25. The van der Waals surface area contributed by atoms with Crippen molar-refractivity contribution in [3.63, 3.8) is 0 Å². The number of carbonyl (C=O) groups is 2. The topological polar surface area (TPSA) is 103 Å². The molecule has 35 heavy (non-hydrogen) atoms. The van der Waals surface area contributed by atoms with Crippen LogP contribution in [0, 0.1) is 6.92 Å². The van der Waals surface area contributed by atoms with E-state index in [9.17, 15) is 14.4 Å². The van der Waals surface area contributed by atoms with E-state index >= 15 is 0 Å². The Bertz CT molecular complexity index is 1570. The molecule has 0 spiro atoms. The fraction of sp³-hybridized carbons (Fsp3) is 0.115. The smallest absolute Gasteiger partial charge is 0.295 e. The van der Waals surface area contributed by atoms with Crippen LogP contribution in [0.2, 0.25) is 5.02 Å². The van der Waals surface area contributed by atoms with Gasteiger partial charge in [-0.2, -0.15) is 0 Å². The van der Waals surface area contributed by atoms with E-state index in [0.717, 1.165) is 10.0 Å². The van der Waals surface area contributed by atoms with Gasteiger partial charge in [-0.15, -0.1) is 0 Å². The molecule has 4 aromatic rings. The molecular weight excluding hydrogens is 536 g/mol. The van der Waals surface area contributed by atoms with Crippen LogP contribution in [0.1, 0.15) is 33.3 Å². The lowest BCUT2D eigenvalue weighted by Crippen LogP contribution is -2.29. The Kier molecular flexibility index (Phi) is 5.86. The van der Waals surface area contributed by atoms with Gasteiger partial charge in [0.05, 0.1) is 17.0 Å². The summed E-state index contributed by atoms with van der Waals surface area (Å²) >= 11 is 9.77. The van der Waals surface area contributed by atoms with Crippen molar-refractivity contribution in [3.8, 4) is 5.75 Å².